The minimum Gasteiger partial charge on any atom is -0.281 e. The Labute approximate surface area is 132 Å². The minimum absolute atomic E-state index is 0.0465. The van der Waals surface area contributed by atoms with Crippen molar-refractivity contribution in [3.63, 3.8) is 0 Å². The van der Waals surface area contributed by atoms with Crippen LogP contribution in [0.1, 0.15) is 23.4 Å². The number of alkyl halides is 5. The first-order chi connectivity index (χ1) is 11.3. The second-order valence-corrected chi connectivity index (χ2v) is 4.87. The predicted molar refractivity (Wildman–Crippen MR) is 76.3 cm³/mol. The molecule has 0 aliphatic heterocycles. The lowest BCUT2D eigenvalue weighted by atomic mass is 10.1. The zero-order valence-electron chi connectivity index (χ0n) is 11.9. The van der Waals surface area contributed by atoms with Gasteiger partial charge in [0.15, 0.2) is 11.3 Å². The Hall–Kier alpha value is -2.95. The van der Waals surface area contributed by atoms with Gasteiger partial charge >= 0.3 is 6.18 Å². The summed E-state index contributed by atoms with van der Waals surface area (Å²) in [6.07, 6.45) is -0.911. The van der Waals surface area contributed by atoms with E-state index >= 15 is 0 Å². The molecule has 0 spiro atoms. The van der Waals surface area contributed by atoms with Crippen LogP contribution in [0.5, 0.6) is 0 Å². The van der Waals surface area contributed by atoms with E-state index in [0.717, 1.165) is 28.9 Å². The van der Waals surface area contributed by atoms with Crippen molar-refractivity contribution >= 4 is 5.65 Å². The van der Waals surface area contributed by atoms with Gasteiger partial charge in [0.25, 0.3) is 6.43 Å². The summed E-state index contributed by atoms with van der Waals surface area (Å²) in [5.74, 6) is 2.24. The molecule has 3 nitrogen and oxygen atoms in total. The molecule has 0 N–H and O–H groups in total. The van der Waals surface area contributed by atoms with E-state index in [1.165, 1.54) is 12.1 Å². The van der Waals surface area contributed by atoms with E-state index in [1.54, 1.807) is 0 Å². The van der Waals surface area contributed by atoms with Crippen LogP contribution >= 0.6 is 0 Å². The molecule has 122 valence electrons. The molecule has 2 heterocycles. The van der Waals surface area contributed by atoms with Crippen molar-refractivity contribution in [2.45, 2.75) is 12.6 Å². The van der Waals surface area contributed by atoms with Gasteiger partial charge in [0.05, 0.1) is 17.0 Å². The van der Waals surface area contributed by atoms with Crippen LogP contribution in [0.2, 0.25) is 0 Å². The molecule has 0 aliphatic rings. The second kappa shape index (κ2) is 5.60. The smallest absolute Gasteiger partial charge is 0.281 e. The van der Waals surface area contributed by atoms with Crippen molar-refractivity contribution in [3.8, 4) is 23.6 Å². The van der Waals surface area contributed by atoms with Gasteiger partial charge in [-0.2, -0.15) is 13.2 Å². The number of rotatable bonds is 2. The van der Waals surface area contributed by atoms with Gasteiger partial charge in [-0.15, -0.1) is 6.42 Å². The largest absolute Gasteiger partial charge is 0.416 e. The quantitative estimate of drug-likeness (QED) is 0.515. The molecule has 0 unspecified atom stereocenters. The summed E-state index contributed by atoms with van der Waals surface area (Å²) in [5.41, 5.74) is -0.769. The Kier molecular flexibility index (Phi) is 3.72. The van der Waals surface area contributed by atoms with E-state index in [4.69, 9.17) is 6.42 Å². The lowest BCUT2D eigenvalue weighted by Crippen LogP contribution is -2.04. The van der Waals surface area contributed by atoms with Crippen molar-refractivity contribution in [2.75, 3.05) is 0 Å². The maximum absolute atomic E-state index is 13.2. The Morgan fingerprint density at radius 3 is 2.33 bits per heavy atom. The van der Waals surface area contributed by atoms with Crippen molar-refractivity contribution in [1.82, 2.24) is 14.4 Å². The maximum Gasteiger partial charge on any atom is 0.416 e. The van der Waals surface area contributed by atoms with Crippen molar-refractivity contribution < 1.29 is 22.0 Å². The summed E-state index contributed by atoms with van der Waals surface area (Å²) in [5, 5.41) is 0. The van der Waals surface area contributed by atoms with Gasteiger partial charge in [-0.05, 0) is 24.1 Å². The fraction of sp³-hybridized carbons (Fsp3) is 0.125. The molecule has 0 saturated carbocycles. The zero-order chi connectivity index (χ0) is 17.5. The summed E-state index contributed by atoms with van der Waals surface area (Å²) in [6, 6.07) is 5.16. The SMILES string of the molecule is C#Cc1ncn2c(C(F)F)cc(-c3ccc(C(F)(F)F)cc3)nc12. The molecule has 0 aliphatic carbocycles. The van der Waals surface area contributed by atoms with Crippen LogP contribution in [-0.4, -0.2) is 14.4 Å². The minimum atomic E-state index is -4.48. The van der Waals surface area contributed by atoms with Crippen LogP contribution in [0.25, 0.3) is 16.9 Å². The molecule has 1 aromatic carbocycles. The van der Waals surface area contributed by atoms with Crippen LogP contribution in [0.4, 0.5) is 22.0 Å². The van der Waals surface area contributed by atoms with Gasteiger partial charge in [0, 0.05) is 5.56 Å². The molecule has 0 saturated heterocycles. The first kappa shape index (κ1) is 15.9. The average Bonchev–Trinajstić information content (AvgIpc) is 2.96. The van der Waals surface area contributed by atoms with Gasteiger partial charge < -0.3 is 0 Å². The van der Waals surface area contributed by atoms with Gasteiger partial charge in [-0.1, -0.05) is 12.1 Å². The summed E-state index contributed by atoms with van der Waals surface area (Å²) in [4.78, 5) is 7.97. The van der Waals surface area contributed by atoms with Gasteiger partial charge in [0.2, 0.25) is 0 Å². The Bertz CT molecular complexity index is 933. The lowest BCUT2D eigenvalue weighted by molar-refractivity contribution is -0.137. The number of fused-ring (bicyclic) bond motifs is 1. The molecule has 8 heteroatoms. The molecule has 0 fully saturated rings. The van der Waals surface area contributed by atoms with Crippen molar-refractivity contribution in [2.24, 2.45) is 0 Å². The third-order valence-corrected chi connectivity index (χ3v) is 3.40. The van der Waals surface area contributed by atoms with E-state index in [0.29, 0.717) is 0 Å². The Balaban J connectivity index is 2.17. The normalized spacial score (nSPS) is 11.9. The molecule has 3 rings (SSSR count). The summed E-state index contributed by atoms with van der Waals surface area (Å²) < 4.78 is 65.4. The maximum atomic E-state index is 13.2. The monoisotopic (exact) mass is 337 g/mol. The first-order valence-electron chi connectivity index (χ1n) is 6.61. The van der Waals surface area contributed by atoms with Crippen LogP contribution in [0, 0.1) is 12.3 Å². The summed E-state index contributed by atoms with van der Waals surface area (Å²) >= 11 is 0. The summed E-state index contributed by atoms with van der Waals surface area (Å²) in [6.45, 7) is 0. The molecule has 0 radical (unpaired) electrons. The molecule has 3 aromatic rings. The van der Waals surface area contributed by atoms with Gasteiger partial charge in [-0.25, -0.2) is 18.7 Å². The molecule has 0 atom stereocenters. The zero-order valence-corrected chi connectivity index (χ0v) is 11.9. The standard InChI is InChI=1S/C16H8F5N3/c1-2-11-15-23-12(7-13(14(17)18)24(15)8-22-11)9-3-5-10(6-4-9)16(19,20)21/h1,3-8,14H. The molecular weight excluding hydrogens is 329 g/mol. The molecular formula is C16H8F5N3. The van der Waals surface area contributed by atoms with Crippen LogP contribution in [-0.2, 0) is 6.18 Å². The van der Waals surface area contributed by atoms with Gasteiger partial charge in [-0.3, -0.25) is 4.40 Å². The van der Waals surface area contributed by atoms with E-state index in [-0.39, 0.29) is 22.6 Å². The topological polar surface area (TPSA) is 30.2 Å². The molecule has 2 aromatic heterocycles. The Morgan fingerprint density at radius 1 is 1.12 bits per heavy atom. The number of imidazole rings is 1. The number of hydrogen-bond donors (Lipinski definition) is 0. The first-order valence-corrected chi connectivity index (χ1v) is 6.61. The number of halogens is 5. The number of hydrogen-bond acceptors (Lipinski definition) is 2. The third-order valence-electron chi connectivity index (χ3n) is 3.40. The number of terminal acetylenes is 1. The van der Waals surface area contributed by atoms with E-state index in [2.05, 4.69) is 15.9 Å². The van der Waals surface area contributed by atoms with Gasteiger partial charge in [0.1, 0.15) is 6.33 Å². The van der Waals surface area contributed by atoms with Crippen LogP contribution in [0.15, 0.2) is 36.7 Å². The highest BCUT2D eigenvalue weighted by atomic mass is 19.4. The molecule has 0 bridgehead atoms. The molecule has 24 heavy (non-hydrogen) atoms. The summed E-state index contributed by atoms with van der Waals surface area (Å²) in [7, 11) is 0. The second-order valence-electron chi connectivity index (χ2n) is 4.87. The fourth-order valence-corrected chi connectivity index (χ4v) is 2.24. The highest BCUT2D eigenvalue weighted by Crippen LogP contribution is 2.32. The highest BCUT2D eigenvalue weighted by Gasteiger charge is 2.30. The Morgan fingerprint density at radius 2 is 1.79 bits per heavy atom. The predicted octanol–water partition coefficient (Wildman–Crippen LogP) is 4.33. The highest BCUT2D eigenvalue weighted by molar-refractivity contribution is 5.65. The lowest BCUT2D eigenvalue weighted by Gasteiger charge is -2.10. The van der Waals surface area contributed by atoms with E-state index in [1.807, 2.05) is 0 Å². The fourth-order valence-electron chi connectivity index (χ4n) is 2.24. The third kappa shape index (κ3) is 2.69. The molecule has 0 amide bonds. The number of aromatic nitrogens is 3. The van der Waals surface area contributed by atoms with E-state index in [9.17, 15) is 22.0 Å². The number of nitrogens with zero attached hydrogens (tertiary/aromatic N) is 3. The average molecular weight is 337 g/mol. The van der Waals surface area contributed by atoms with Crippen molar-refractivity contribution in [1.29, 1.82) is 0 Å². The van der Waals surface area contributed by atoms with Crippen molar-refractivity contribution in [3.05, 3.63) is 53.6 Å². The van der Waals surface area contributed by atoms with Crippen LogP contribution < -0.4 is 0 Å². The van der Waals surface area contributed by atoms with E-state index < -0.39 is 23.9 Å². The number of benzene rings is 1. The van der Waals surface area contributed by atoms with Crippen LogP contribution in [0.3, 0.4) is 0 Å².